The first-order chi connectivity index (χ1) is 21.6. The van der Waals surface area contributed by atoms with Crippen molar-refractivity contribution >= 4 is 45.8 Å². The molecule has 42 heavy (non-hydrogen) atoms. The van der Waals surface area contributed by atoms with Gasteiger partial charge in [0.05, 0.1) is 25.7 Å². The summed E-state index contributed by atoms with van der Waals surface area (Å²) in [5, 5.41) is 5.67. The maximum atomic E-state index is 13.6. The first-order valence-corrected chi connectivity index (χ1v) is 13.6. The van der Waals surface area contributed by atoms with Gasteiger partial charge in [0.15, 0.2) is 5.65 Å². The molecule has 2 amide bonds. The molecule has 14 heteroatoms. The predicted octanol–water partition coefficient (Wildman–Crippen LogP) is 2.35. The van der Waals surface area contributed by atoms with Crippen molar-refractivity contribution in [3.8, 4) is 0 Å². The van der Waals surface area contributed by atoms with Crippen LogP contribution in [0.2, 0.25) is 0 Å². The highest BCUT2D eigenvalue weighted by Crippen LogP contribution is 2.52. The number of amides is 2. The van der Waals surface area contributed by atoms with Crippen LogP contribution in [0.1, 0.15) is 55.5 Å². The van der Waals surface area contributed by atoms with Gasteiger partial charge >= 0.3 is 11.8 Å². The number of primary amides is 1. The molecule has 0 bridgehead atoms. The average molecular weight is 582 g/mol. The standard InChI is InChI=1S/C28H35N9O5/c1-14-8-21(33-24-23(14)34-22(13-41-4)37(24)28(25(29)38)11-15(28)2)32-20-10-18-19(12-30-20)35(3)27(40)36(18)17-7-6-16(9-17)31-26(39)42-5/h8,10,12,15-17H,6-7,9,11,13H2,1-5H3,(H2,29,38)(H,31,39)(H,30,32,33)/t15-,16+,17+,28-/m0/s1/i3D3,16D. The van der Waals surface area contributed by atoms with Crippen LogP contribution >= 0.6 is 0 Å². The molecule has 4 heterocycles. The van der Waals surface area contributed by atoms with Gasteiger partial charge in [-0.05, 0) is 50.2 Å². The number of pyridine rings is 2. The van der Waals surface area contributed by atoms with Gasteiger partial charge in [-0.3, -0.25) is 18.5 Å². The van der Waals surface area contributed by atoms with Crippen molar-refractivity contribution < 1.29 is 24.5 Å². The van der Waals surface area contributed by atoms with Crippen molar-refractivity contribution in [1.29, 1.82) is 0 Å². The van der Waals surface area contributed by atoms with Crippen LogP contribution in [0.5, 0.6) is 0 Å². The number of ether oxygens (including phenoxy) is 2. The number of rotatable bonds is 8. The molecule has 2 aliphatic rings. The summed E-state index contributed by atoms with van der Waals surface area (Å²) in [4.78, 5) is 52.1. The molecule has 14 nitrogen and oxygen atoms in total. The molecule has 6 rings (SSSR count). The fourth-order valence-corrected chi connectivity index (χ4v) is 6.15. The van der Waals surface area contributed by atoms with Gasteiger partial charge in [0, 0.05) is 36.3 Å². The summed E-state index contributed by atoms with van der Waals surface area (Å²) in [6, 6.07) is 1.33. The van der Waals surface area contributed by atoms with Crippen LogP contribution in [0.15, 0.2) is 23.1 Å². The van der Waals surface area contributed by atoms with E-state index in [0.29, 0.717) is 40.2 Å². The van der Waals surface area contributed by atoms with Crippen molar-refractivity contribution in [2.24, 2.45) is 18.6 Å². The SMILES string of the molecule is [2H]C([2H])([2H])n1c(=O)n([C@@H]2CC[C@@]([2H])(NC(=O)OC)C2)c2cc(Nc3cc(C)c4nc(COC)n([C@@]5(C(N)=O)C[C@@H]5C)c4n3)ncc21. The lowest BCUT2D eigenvalue weighted by Gasteiger charge is -2.19. The third-order valence-corrected chi connectivity index (χ3v) is 8.35. The van der Waals surface area contributed by atoms with E-state index in [-0.39, 0.29) is 42.2 Å². The topological polar surface area (TPSA) is 173 Å². The third-order valence-electron chi connectivity index (χ3n) is 8.35. The van der Waals surface area contributed by atoms with Crippen molar-refractivity contribution in [1.82, 2.24) is 34.0 Å². The minimum Gasteiger partial charge on any atom is -0.453 e. The molecule has 4 aromatic rings. The Morgan fingerprint density at radius 2 is 2.02 bits per heavy atom. The Kier molecular flexibility index (Phi) is 5.57. The van der Waals surface area contributed by atoms with E-state index in [0.717, 1.165) is 5.56 Å². The number of aromatic nitrogens is 6. The summed E-state index contributed by atoms with van der Waals surface area (Å²) in [6.07, 6.45) is 1.69. The summed E-state index contributed by atoms with van der Waals surface area (Å²) in [7, 11) is 2.74. The Labute approximate surface area is 246 Å². The first kappa shape index (κ1) is 23.1. The molecule has 0 unspecified atom stereocenters. The Bertz CT molecular complexity index is 1950. The van der Waals surface area contributed by atoms with E-state index in [2.05, 4.69) is 20.4 Å². The number of methoxy groups -OCH3 is 2. The number of imidazole rings is 2. The summed E-state index contributed by atoms with van der Waals surface area (Å²) >= 11 is 0. The summed E-state index contributed by atoms with van der Waals surface area (Å²) < 4.78 is 46.6. The third kappa shape index (κ3) is 4.28. The van der Waals surface area contributed by atoms with Crippen molar-refractivity contribution in [3.63, 3.8) is 0 Å². The molecule has 4 N–H and O–H groups in total. The number of carbonyl (C=O) groups excluding carboxylic acids is 2. The van der Waals surface area contributed by atoms with Crippen LogP contribution in [0.3, 0.4) is 0 Å². The molecule has 2 aliphatic carbocycles. The van der Waals surface area contributed by atoms with Gasteiger partial charge < -0.3 is 25.8 Å². The fourth-order valence-electron chi connectivity index (χ4n) is 6.15. The first-order valence-electron chi connectivity index (χ1n) is 15.6. The smallest absolute Gasteiger partial charge is 0.407 e. The zero-order valence-electron chi connectivity index (χ0n) is 27.7. The number of nitrogens with zero attached hydrogens (tertiary/aromatic N) is 6. The monoisotopic (exact) mass is 581 g/mol. The molecule has 2 saturated carbocycles. The Morgan fingerprint density at radius 3 is 2.69 bits per heavy atom. The quantitative estimate of drug-likeness (QED) is 0.282. The number of nitrogens with one attached hydrogen (secondary N) is 2. The number of anilines is 2. The van der Waals surface area contributed by atoms with E-state index in [4.69, 9.17) is 25.9 Å². The van der Waals surface area contributed by atoms with Crippen LogP contribution in [0, 0.1) is 12.8 Å². The average Bonchev–Trinajstić information content (AvgIpc) is 3.21. The Balaban J connectivity index is 1.44. The van der Waals surface area contributed by atoms with Crippen LogP contribution in [0.25, 0.3) is 22.2 Å². The second-order valence-electron chi connectivity index (χ2n) is 11.0. The maximum absolute atomic E-state index is 13.6. The van der Waals surface area contributed by atoms with Crippen LogP contribution in [0.4, 0.5) is 16.4 Å². The molecular formula is C28H35N9O5. The van der Waals surface area contributed by atoms with Crippen molar-refractivity contribution in [3.05, 3.63) is 40.2 Å². The molecular weight excluding hydrogens is 542 g/mol. The lowest BCUT2D eigenvalue weighted by atomic mass is 10.2. The van der Waals surface area contributed by atoms with Gasteiger partial charge in [-0.1, -0.05) is 6.92 Å². The maximum Gasteiger partial charge on any atom is 0.407 e. The van der Waals surface area contributed by atoms with Crippen LogP contribution in [-0.4, -0.2) is 60.9 Å². The van der Waals surface area contributed by atoms with Crippen molar-refractivity contribution in [2.45, 2.75) is 63.7 Å². The summed E-state index contributed by atoms with van der Waals surface area (Å²) in [5.74, 6) is 0.647. The van der Waals surface area contributed by atoms with Gasteiger partial charge in [0.25, 0.3) is 0 Å². The number of nitrogens with two attached hydrogens (primary N) is 1. The van der Waals surface area contributed by atoms with E-state index >= 15 is 0 Å². The molecule has 0 saturated heterocycles. The number of hydrogen-bond donors (Lipinski definition) is 3. The Morgan fingerprint density at radius 1 is 1.24 bits per heavy atom. The molecule has 4 atom stereocenters. The molecule has 2 fully saturated rings. The van der Waals surface area contributed by atoms with E-state index < -0.39 is 42.3 Å². The van der Waals surface area contributed by atoms with Gasteiger partial charge in [0.2, 0.25) is 5.91 Å². The van der Waals surface area contributed by atoms with Crippen LogP contribution in [-0.2, 0) is 33.4 Å². The van der Waals surface area contributed by atoms with E-state index in [1.807, 2.05) is 13.8 Å². The number of alkyl carbamates (subject to hydrolysis) is 1. The highest BCUT2D eigenvalue weighted by atomic mass is 16.5. The van der Waals surface area contributed by atoms with Crippen LogP contribution < -0.4 is 22.1 Å². The van der Waals surface area contributed by atoms with E-state index in [9.17, 15) is 14.4 Å². The normalized spacial score (nSPS) is 26.9. The zero-order chi connectivity index (χ0) is 33.3. The van der Waals surface area contributed by atoms with E-state index in [1.165, 1.54) is 25.0 Å². The second-order valence-corrected chi connectivity index (χ2v) is 11.0. The van der Waals surface area contributed by atoms with Gasteiger partial charge in [-0.25, -0.2) is 24.5 Å². The minimum absolute atomic E-state index is 0.0272. The fraction of sp³-hybridized carbons (Fsp3) is 0.500. The summed E-state index contributed by atoms with van der Waals surface area (Å²) in [5.41, 5.74) is 6.30. The molecule has 0 radical (unpaired) electrons. The number of fused-ring (bicyclic) bond motifs is 2. The lowest BCUT2D eigenvalue weighted by Crippen LogP contribution is -2.37. The zero-order valence-corrected chi connectivity index (χ0v) is 23.7. The number of carbonyl (C=O) groups is 2. The number of hydrogen-bond acceptors (Lipinski definition) is 9. The molecule has 0 aliphatic heterocycles. The molecule has 222 valence electrons. The Hall–Kier alpha value is -4.46. The number of aryl methyl sites for hydroxylation is 2. The lowest BCUT2D eigenvalue weighted by molar-refractivity contribution is -0.122. The molecule has 0 spiro atoms. The largest absolute Gasteiger partial charge is 0.453 e. The van der Waals surface area contributed by atoms with Gasteiger partial charge in [-0.15, -0.1) is 0 Å². The second kappa shape index (κ2) is 10.1. The highest BCUT2D eigenvalue weighted by molar-refractivity contribution is 5.90. The van der Waals surface area contributed by atoms with Crippen molar-refractivity contribution in [2.75, 3.05) is 19.5 Å². The molecule has 4 aromatic heterocycles. The minimum atomic E-state index is -2.80. The summed E-state index contributed by atoms with van der Waals surface area (Å²) in [6.45, 7) is 1.15. The predicted molar refractivity (Wildman–Crippen MR) is 154 cm³/mol. The van der Waals surface area contributed by atoms with Gasteiger partial charge in [0.1, 0.15) is 35.1 Å². The van der Waals surface area contributed by atoms with E-state index in [1.54, 1.807) is 16.7 Å². The molecule has 0 aromatic carbocycles. The highest BCUT2D eigenvalue weighted by Gasteiger charge is 2.59. The van der Waals surface area contributed by atoms with Gasteiger partial charge in [-0.2, -0.15) is 0 Å².